The first-order valence-electron chi connectivity index (χ1n) is 5.91. The zero-order chi connectivity index (χ0) is 15.3. The van der Waals surface area contributed by atoms with Gasteiger partial charge in [-0.15, -0.1) is 0 Å². The third-order valence-electron chi connectivity index (χ3n) is 2.54. The van der Waals surface area contributed by atoms with Gasteiger partial charge in [-0.2, -0.15) is 4.31 Å². The van der Waals surface area contributed by atoms with Crippen LogP contribution in [0.5, 0.6) is 0 Å². The largest absolute Gasteiger partial charge is 0.480 e. The lowest BCUT2D eigenvalue weighted by molar-refractivity contribution is -0.137. The number of primary amides is 1. The van der Waals surface area contributed by atoms with E-state index in [2.05, 4.69) is 0 Å². The highest BCUT2D eigenvalue weighted by atomic mass is 32.2. The number of rotatable bonds is 7. The van der Waals surface area contributed by atoms with Crippen LogP contribution in [0.2, 0.25) is 0 Å². The topological polar surface area (TPSA) is 118 Å². The van der Waals surface area contributed by atoms with E-state index in [1.165, 1.54) is 18.2 Å². The van der Waals surface area contributed by atoms with Crippen LogP contribution in [0.3, 0.4) is 0 Å². The highest BCUT2D eigenvalue weighted by Crippen LogP contribution is 2.17. The van der Waals surface area contributed by atoms with Crippen molar-refractivity contribution < 1.29 is 23.1 Å². The first-order valence-corrected chi connectivity index (χ1v) is 7.35. The molecule has 1 rings (SSSR count). The van der Waals surface area contributed by atoms with Gasteiger partial charge in [0.2, 0.25) is 15.9 Å². The summed E-state index contributed by atoms with van der Waals surface area (Å²) < 4.78 is 25.5. The van der Waals surface area contributed by atoms with E-state index in [1.807, 2.05) is 0 Å². The highest BCUT2D eigenvalue weighted by molar-refractivity contribution is 7.89. The van der Waals surface area contributed by atoms with Crippen molar-refractivity contribution in [2.75, 3.05) is 13.1 Å². The number of sulfonamides is 1. The third kappa shape index (κ3) is 3.78. The van der Waals surface area contributed by atoms with Gasteiger partial charge in [-0.05, 0) is 24.6 Å². The second-order valence-corrected chi connectivity index (χ2v) is 6.06. The number of aliphatic carboxylic acids is 1. The Morgan fingerprint density at radius 3 is 2.50 bits per heavy atom. The summed E-state index contributed by atoms with van der Waals surface area (Å²) in [6, 6.07) is 5.22. The van der Waals surface area contributed by atoms with Gasteiger partial charge < -0.3 is 10.8 Å². The number of nitrogens with two attached hydrogens (primary N) is 1. The van der Waals surface area contributed by atoms with Gasteiger partial charge in [0.15, 0.2) is 0 Å². The lowest BCUT2D eigenvalue weighted by Crippen LogP contribution is -2.36. The van der Waals surface area contributed by atoms with Crippen LogP contribution in [0.15, 0.2) is 29.2 Å². The van der Waals surface area contributed by atoms with E-state index in [-0.39, 0.29) is 17.0 Å². The monoisotopic (exact) mass is 300 g/mol. The maximum atomic E-state index is 12.3. The van der Waals surface area contributed by atoms with E-state index in [0.717, 1.165) is 10.4 Å². The molecule has 0 aliphatic heterocycles. The molecule has 0 unspecified atom stereocenters. The van der Waals surface area contributed by atoms with Gasteiger partial charge in [0.25, 0.3) is 0 Å². The Morgan fingerprint density at radius 1 is 1.35 bits per heavy atom. The van der Waals surface area contributed by atoms with Gasteiger partial charge in [-0.3, -0.25) is 9.59 Å². The quantitative estimate of drug-likeness (QED) is 0.749. The van der Waals surface area contributed by atoms with Crippen molar-refractivity contribution in [2.45, 2.75) is 18.2 Å². The molecule has 0 spiro atoms. The summed E-state index contributed by atoms with van der Waals surface area (Å²) in [5.74, 6) is -1.99. The minimum Gasteiger partial charge on any atom is -0.480 e. The molecule has 8 heteroatoms. The Labute approximate surface area is 117 Å². The van der Waals surface area contributed by atoms with Crippen LogP contribution in [0.25, 0.3) is 0 Å². The number of hydrogen-bond donors (Lipinski definition) is 2. The van der Waals surface area contributed by atoms with Gasteiger partial charge in [0, 0.05) is 12.1 Å². The van der Waals surface area contributed by atoms with Crippen LogP contribution in [-0.4, -0.2) is 42.8 Å². The van der Waals surface area contributed by atoms with E-state index in [4.69, 9.17) is 10.8 Å². The third-order valence-corrected chi connectivity index (χ3v) is 4.38. The van der Waals surface area contributed by atoms with Crippen LogP contribution < -0.4 is 5.73 Å². The second-order valence-electron chi connectivity index (χ2n) is 4.12. The predicted molar refractivity (Wildman–Crippen MR) is 71.6 cm³/mol. The first kappa shape index (κ1) is 16.1. The van der Waals surface area contributed by atoms with Crippen LogP contribution in [-0.2, 0) is 14.8 Å². The molecule has 0 bridgehead atoms. The van der Waals surface area contributed by atoms with E-state index in [1.54, 1.807) is 6.92 Å². The Hall–Kier alpha value is -1.93. The zero-order valence-corrected chi connectivity index (χ0v) is 11.8. The van der Waals surface area contributed by atoms with Crippen LogP contribution in [0, 0.1) is 0 Å². The molecule has 1 aromatic carbocycles. The molecule has 0 fully saturated rings. The van der Waals surface area contributed by atoms with Crippen molar-refractivity contribution in [1.82, 2.24) is 4.31 Å². The number of carboxylic acid groups (broad SMARTS) is 1. The van der Waals surface area contributed by atoms with Crippen molar-refractivity contribution in [2.24, 2.45) is 5.73 Å². The fourth-order valence-corrected chi connectivity index (χ4v) is 3.17. The molecule has 3 N–H and O–H groups in total. The maximum Gasteiger partial charge on any atom is 0.318 e. The summed E-state index contributed by atoms with van der Waals surface area (Å²) in [6.45, 7) is 1.19. The second kappa shape index (κ2) is 6.49. The SMILES string of the molecule is CCCN(CC(=O)O)S(=O)(=O)c1cccc(C(N)=O)c1. The lowest BCUT2D eigenvalue weighted by atomic mass is 10.2. The summed E-state index contributed by atoms with van der Waals surface area (Å²) in [5.41, 5.74) is 5.15. The highest BCUT2D eigenvalue weighted by Gasteiger charge is 2.26. The molecule has 0 saturated heterocycles. The van der Waals surface area contributed by atoms with Gasteiger partial charge in [-0.25, -0.2) is 8.42 Å². The van der Waals surface area contributed by atoms with Crippen molar-refractivity contribution in [3.63, 3.8) is 0 Å². The molecule has 7 nitrogen and oxygen atoms in total. The number of carbonyl (C=O) groups is 2. The molecule has 0 atom stereocenters. The first-order chi connectivity index (χ1) is 9.28. The molecule has 110 valence electrons. The smallest absolute Gasteiger partial charge is 0.318 e. The number of hydrogen-bond acceptors (Lipinski definition) is 4. The normalized spacial score (nSPS) is 11.5. The van der Waals surface area contributed by atoms with Crippen molar-refractivity contribution in [3.8, 4) is 0 Å². The zero-order valence-electron chi connectivity index (χ0n) is 10.9. The summed E-state index contributed by atoms with van der Waals surface area (Å²) in [7, 11) is -3.97. The minimum atomic E-state index is -3.97. The fraction of sp³-hybridized carbons (Fsp3) is 0.333. The number of carbonyl (C=O) groups excluding carboxylic acids is 1. The molecule has 0 aromatic heterocycles. The van der Waals surface area contributed by atoms with E-state index < -0.39 is 28.4 Å². The summed E-state index contributed by atoms with van der Waals surface area (Å²) in [4.78, 5) is 21.7. The lowest BCUT2D eigenvalue weighted by Gasteiger charge is -2.19. The minimum absolute atomic E-state index is 0.0536. The van der Waals surface area contributed by atoms with Gasteiger partial charge >= 0.3 is 5.97 Å². The molecular weight excluding hydrogens is 284 g/mol. The van der Waals surface area contributed by atoms with Crippen LogP contribution in [0.1, 0.15) is 23.7 Å². The van der Waals surface area contributed by atoms with E-state index >= 15 is 0 Å². The molecule has 0 radical (unpaired) electrons. The summed E-state index contributed by atoms with van der Waals surface area (Å²) in [5, 5.41) is 8.78. The van der Waals surface area contributed by atoms with Crippen molar-refractivity contribution in [3.05, 3.63) is 29.8 Å². The molecule has 0 heterocycles. The molecule has 0 aliphatic rings. The Bertz CT molecular complexity index is 612. The van der Waals surface area contributed by atoms with Crippen LogP contribution in [0.4, 0.5) is 0 Å². The Morgan fingerprint density at radius 2 is 2.00 bits per heavy atom. The average molecular weight is 300 g/mol. The molecule has 1 amide bonds. The van der Waals surface area contributed by atoms with Gasteiger partial charge in [0.05, 0.1) is 4.90 Å². The maximum absolute atomic E-state index is 12.3. The van der Waals surface area contributed by atoms with Crippen molar-refractivity contribution >= 4 is 21.9 Å². The van der Waals surface area contributed by atoms with Crippen molar-refractivity contribution in [1.29, 1.82) is 0 Å². The van der Waals surface area contributed by atoms with E-state index in [9.17, 15) is 18.0 Å². The number of carboxylic acids is 1. The number of amides is 1. The number of nitrogens with zero attached hydrogens (tertiary/aromatic N) is 1. The molecule has 20 heavy (non-hydrogen) atoms. The molecular formula is C12H16N2O5S. The van der Waals surface area contributed by atoms with Gasteiger partial charge in [-0.1, -0.05) is 13.0 Å². The fourth-order valence-electron chi connectivity index (χ4n) is 1.64. The molecule has 0 saturated carbocycles. The standard InChI is InChI=1S/C12H16N2O5S/c1-2-6-14(8-11(15)16)20(18,19)10-5-3-4-9(7-10)12(13)17/h3-5,7H,2,6,8H2,1H3,(H2,13,17)(H,15,16). The predicted octanol–water partition coefficient (Wildman–Crippen LogP) is 0.271. The summed E-state index contributed by atoms with van der Waals surface area (Å²) in [6.07, 6.45) is 0.474. The average Bonchev–Trinajstić information content (AvgIpc) is 2.38. The number of benzene rings is 1. The molecule has 1 aromatic rings. The van der Waals surface area contributed by atoms with Crippen LogP contribution >= 0.6 is 0 Å². The Balaban J connectivity index is 3.21. The Kier molecular flexibility index (Phi) is 5.23. The summed E-state index contributed by atoms with van der Waals surface area (Å²) >= 11 is 0. The molecule has 0 aliphatic carbocycles. The van der Waals surface area contributed by atoms with Gasteiger partial charge in [0.1, 0.15) is 6.54 Å². The van der Waals surface area contributed by atoms with E-state index in [0.29, 0.717) is 6.42 Å².